The van der Waals surface area contributed by atoms with Gasteiger partial charge in [-0.1, -0.05) is 0 Å². The van der Waals surface area contributed by atoms with E-state index in [1.54, 1.807) is 0 Å². The van der Waals surface area contributed by atoms with Crippen LogP contribution in [0, 0.1) is 0 Å². The van der Waals surface area contributed by atoms with Gasteiger partial charge in [-0.3, -0.25) is 0 Å². The minimum absolute atomic E-state index is 0. The molecule has 1 atom stereocenters. The van der Waals surface area contributed by atoms with Crippen LogP contribution in [0.2, 0.25) is 0 Å². The Bertz CT molecular complexity index is 30.6. The number of hydrogen-bond donors (Lipinski definition) is 0. The van der Waals surface area contributed by atoms with Crippen LogP contribution in [0.4, 0.5) is 8.78 Å². The number of halogens is 2. The van der Waals surface area contributed by atoms with Crippen molar-refractivity contribution in [3.8, 4) is 0 Å². The first-order valence-electron chi connectivity index (χ1n) is 0.732. The zero-order valence-corrected chi connectivity index (χ0v) is 4.08. The molecule has 0 fully saturated rings. The quantitative estimate of drug-likeness (QED) is 0.402. The van der Waals surface area contributed by atoms with E-state index in [2.05, 4.69) is 6.58 Å². The van der Waals surface area contributed by atoms with Crippen LogP contribution in [0.5, 0.6) is 0 Å². The second-order valence-corrected chi connectivity index (χ2v) is 0.339. The van der Waals surface area contributed by atoms with Crippen LogP contribution in [-0.4, -0.2) is 0 Å². The summed E-state index contributed by atoms with van der Waals surface area (Å²) in [7, 11) is 0. The molecule has 32 valence electrons. The Balaban J connectivity index is 0. The van der Waals surface area contributed by atoms with Crippen molar-refractivity contribution in [2.45, 2.75) is 0 Å². The second-order valence-electron chi connectivity index (χ2n) is 0.339. The van der Waals surface area contributed by atoms with Crippen LogP contribution < -0.4 is 0 Å². The van der Waals surface area contributed by atoms with E-state index in [9.17, 15) is 8.78 Å². The molecule has 5 heavy (non-hydrogen) atoms. The first-order chi connectivity index (χ1) is 1.73. The van der Waals surface area contributed by atoms with Gasteiger partial charge in [0.05, 0.1) is 0 Å². The molecule has 0 saturated carbocycles. The maximum Gasteiger partial charge on any atom is 0.263 e. The smallest absolute Gasteiger partial charge is 0.174 e. The molecule has 0 aromatic carbocycles. The zero-order chi connectivity index (χ0) is 3.58. The summed E-state index contributed by atoms with van der Waals surface area (Å²) in [4.78, 5) is 0. The lowest BCUT2D eigenvalue weighted by atomic mass is 11.2. The molecule has 1 unspecified atom stereocenters. The fourth-order valence-corrected chi connectivity index (χ4v) is 0. The Morgan fingerprint density at radius 3 is 1.40 bits per heavy atom. The lowest BCUT2D eigenvalue weighted by Crippen LogP contribution is -1.33. The summed E-state index contributed by atoms with van der Waals surface area (Å²) in [5, 5.41) is 0. The Hall–Kier alpha value is 0.0300. The first-order valence-corrected chi connectivity index (χ1v) is 0.732. The number of hydrogen-bond acceptors (Lipinski definition) is 0. The van der Waals surface area contributed by atoms with Crippen molar-refractivity contribution in [2.24, 2.45) is 0 Å². The molecule has 0 bridgehead atoms. The molecule has 0 saturated heterocycles. The van der Waals surface area contributed by atoms with Crippen molar-refractivity contribution in [3.05, 3.63) is 12.7 Å². The van der Waals surface area contributed by atoms with Gasteiger partial charge in [0.15, 0.2) is 0 Å². The van der Waals surface area contributed by atoms with E-state index >= 15 is 0 Å². The predicted molar refractivity (Wildman–Crippen MR) is 22.5 cm³/mol. The van der Waals surface area contributed by atoms with E-state index in [-0.39, 0.29) is 9.90 Å². The molecular formula is C2H5F2P. The molecule has 0 amide bonds. The van der Waals surface area contributed by atoms with E-state index in [1.165, 1.54) is 0 Å². The highest BCUT2D eigenvalue weighted by Gasteiger charge is 1.65. The normalized spacial score (nSPS) is 5.20. The van der Waals surface area contributed by atoms with Crippen LogP contribution in [0.1, 0.15) is 0 Å². The maximum absolute atomic E-state index is 10.1. The summed E-state index contributed by atoms with van der Waals surface area (Å²) >= 11 is 0. The summed E-state index contributed by atoms with van der Waals surface area (Å²) in [5.74, 6) is 0. The summed E-state index contributed by atoms with van der Waals surface area (Å²) in [6.07, 6.45) is -1.83. The predicted octanol–water partition coefficient (Wildman–Crippen LogP) is 1.45. The topological polar surface area (TPSA) is 0 Å². The third-order valence-corrected chi connectivity index (χ3v) is 0. The monoisotopic (exact) mass is 98.0 g/mol. The fourth-order valence-electron chi connectivity index (χ4n) is 0. The molecule has 0 aliphatic heterocycles. The van der Waals surface area contributed by atoms with Gasteiger partial charge in [0.25, 0.3) is 6.08 Å². The maximum atomic E-state index is 10.1. The molecule has 0 radical (unpaired) electrons. The van der Waals surface area contributed by atoms with E-state index in [0.717, 1.165) is 0 Å². The summed E-state index contributed by atoms with van der Waals surface area (Å²) < 4.78 is 20.3. The van der Waals surface area contributed by atoms with Crippen LogP contribution in [0.25, 0.3) is 0 Å². The SMILES string of the molecule is C=C(F)F.P. The third-order valence-electron chi connectivity index (χ3n) is 0. The van der Waals surface area contributed by atoms with Crippen molar-refractivity contribution >= 4 is 9.90 Å². The molecule has 0 aliphatic rings. The minimum Gasteiger partial charge on any atom is -0.174 e. The van der Waals surface area contributed by atoms with Gasteiger partial charge in [-0.05, 0) is 6.58 Å². The lowest BCUT2D eigenvalue weighted by Gasteiger charge is -1.54. The Kier molecular flexibility index (Phi) is 7.17. The number of rotatable bonds is 0. The van der Waals surface area contributed by atoms with Crippen LogP contribution in [0.3, 0.4) is 0 Å². The van der Waals surface area contributed by atoms with Gasteiger partial charge in [-0.25, -0.2) is 0 Å². The van der Waals surface area contributed by atoms with Crippen molar-refractivity contribution in [1.29, 1.82) is 0 Å². The van der Waals surface area contributed by atoms with E-state index in [4.69, 9.17) is 0 Å². The third kappa shape index (κ3) is 18500. The minimum atomic E-state index is -1.83. The van der Waals surface area contributed by atoms with E-state index < -0.39 is 6.08 Å². The van der Waals surface area contributed by atoms with Gasteiger partial charge in [0.1, 0.15) is 0 Å². The van der Waals surface area contributed by atoms with Crippen LogP contribution >= 0.6 is 9.90 Å². The Morgan fingerprint density at radius 2 is 1.40 bits per heavy atom. The molecule has 0 aliphatic carbocycles. The molecule has 0 spiro atoms. The fraction of sp³-hybridized carbons (Fsp3) is 0. The van der Waals surface area contributed by atoms with Crippen molar-refractivity contribution in [1.82, 2.24) is 0 Å². The highest BCUT2D eigenvalue weighted by molar-refractivity contribution is 6.92. The second kappa shape index (κ2) is 4.03. The van der Waals surface area contributed by atoms with E-state index in [0.29, 0.717) is 0 Å². The first kappa shape index (κ1) is 8.90. The zero-order valence-electron chi connectivity index (χ0n) is 2.67. The Morgan fingerprint density at radius 1 is 1.40 bits per heavy atom. The van der Waals surface area contributed by atoms with Crippen LogP contribution in [0.15, 0.2) is 12.7 Å². The molecule has 0 N–H and O–H groups in total. The van der Waals surface area contributed by atoms with Crippen molar-refractivity contribution in [3.63, 3.8) is 0 Å². The molecule has 0 aromatic heterocycles. The lowest BCUT2D eigenvalue weighted by molar-refractivity contribution is 0.426. The van der Waals surface area contributed by atoms with E-state index in [1.807, 2.05) is 0 Å². The summed E-state index contributed by atoms with van der Waals surface area (Å²) in [6, 6.07) is 0. The summed E-state index contributed by atoms with van der Waals surface area (Å²) in [6.45, 7) is 2.22. The van der Waals surface area contributed by atoms with Gasteiger partial charge in [0, 0.05) is 0 Å². The average molecular weight is 98.0 g/mol. The standard InChI is InChI=1S/C2H2F2.H3P/c1-2(3)4;/h1H2;1H3. The van der Waals surface area contributed by atoms with Gasteiger partial charge < -0.3 is 0 Å². The molecule has 3 heteroatoms. The van der Waals surface area contributed by atoms with Crippen molar-refractivity contribution < 1.29 is 8.78 Å². The largest absolute Gasteiger partial charge is 0.263 e. The molecule has 0 heterocycles. The highest BCUT2D eigenvalue weighted by atomic mass is 31.0. The van der Waals surface area contributed by atoms with Gasteiger partial charge in [0.2, 0.25) is 0 Å². The summed E-state index contributed by atoms with van der Waals surface area (Å²) in [5.41, 5.74) is 0. The van der Waals surface area contributed by atoms with Gasteiger partial charge in [-0.2, -0.15) is 18.7 Å². The molecule has 0 nitrogen and oxygen atoms in total. The van der Waals surface area contributed by atoms with Crippen LogP contribution in [-0.2, 0) is 0 Å². The van der Waals surface area contributed by atoms with Crippen molar-refractivity contribution in [2.75, 3.05) is 0 Å². The molecular weight excluding hydrogens is 93.0 g/mol. The van der Waals surface area contributed by atoms with Gasteiger partial charge >= 0.3 is 0 Å². The highest BCUT2D eigenvalue weighted by Crippen LogP contribution is 1.85. The van der Waals surface area contributed by atoms with Gasteiger partial charge in [-0.15, -0.1) is 0 Å². The molecule has 0 rings (SSSR count). The molecule has 0 aromatic rings. The Labute approximate surface area is 32.5 Å². The average Bonchev–Trinajstić information content (AvgIpc) is 0.811.